The lowest BCUT2D eigenvalue weighted by Crippen LogP contribution is -1.98. The maximum atomic E-state index is 4.02. The number of rotatable bonds is 9. The topological polar surface area (TPSA) is 0 Å². The largest absolute Gasteiger partial charge is 0.0654 e. The first kappa shape index (κ1) is 13.0. The predicted molar refractivity (Wildman–Crippen MR) is 61.7 cm³/mol. The molecule has 0 saturated heterocycles. The van der Waals surface area contributed by atoms with Crippen LogP contribution in [0.1, 0.15) is 71.6 Å². The van der Waals surface area contributed by atoms with Crippen LogP contribution < -0.4 is 0 Å². The molecule has 0 aliphatic rings. The van der Waals surface area contributed by atoms with E-state index in [0.717, 1.165) is 12.3 Å². The molecule has 0 aromatic carbocycles. The standard InChI is InChI=1S/C13H27/c1-4-7-8-9-10-12-13(6-3)11-5-2/h13H,3-12H2,1-2H3. The Kier molecular flexibility index (Phi) is 10.1. The van der Waals surface area contributed by atoms with Gasteiger partial charge in [-0.3, -0.25) is 0 Å². The quantitative estimate of drug-likeness (QED) is 0.442. The van der Waals surface area contributed by atoms with Crippen molar-refractivity contribution in [3.63, 3.8) is 0 Å². The molecule has 0 amide bonds. The predicted octanol–water partition coefficient (Wildman–Crippen LogP) is 4.99. The van der Waals surface area contributed by atoms with E-state index in [9.17, 15) is 0 Å². The molecule has 0 aliphatic heterocycles. The number of unbranched alkanes of at least 4 members (excludes halogenated alkanes) is 4. The first-order chi connectivity index (χ1) is 6.35. The molecule has 0 nitrogen and oxygen atoms in total. The summed E-state index contributed by atoms with van der Waals surface area (Å²) in [6.45, 7) is 8.57. The maximum Gasteiger partial charge on any atom is -0.0414 e. The summed E-state index contributed by atoms with van der Waals surface area (Å²) >= 11 is 0. The van der Waals surface area contributed by atoms with Crippen molar-refractivity contribution in [2.45, 2.75) is 71.6 Å². The summed E-state index contributed by atoms with van der Waals surface area (Å²) < 4.78 is 0. The second kappa shape index (κ2) is 10.1. The van der Waals surface area contributed by atoms with E-state index in [1.165, 1.54) is 51.4 Å². The third-order valence-electron chi connectivity index (χ3n) is 2.82. The van der Waals surface area contributed by atoms with Crippen molar-refractivity contribution >= 4 is 0 Å². The minimum atomic E-state index is 0.909. The van der Waals surface area contributed by atoms with Crippen LogP contribution in [0, 0.1) is 12.8 Å². The zero-order chi connectivity index (χ0) is 9.94. The molecule has 79 valence electrons. The molecule has 0 N–H and O–H groups in total. The minimum Gasteiger partial charge on any atom is -0.0654 e. The molecule has 0 saturated carbocycles. The summed E-state index contributed by atoms with van der Waals surface area (Å²) in [6, 6.07) is 0. The van der Waals surface area contributed by atoms with Crippen LogP contribution in [-0.2, 0) is 0 Å². The van der Waals surface area contributed by atoms with Gasteiger partial charge in [-0.05, 0) is 5.92 Å². The van der Waals surface area contributed by atoms with E-state index >= 15 is 0 Å². The van der Waals surface area contributed by atoms with Gasteiger partial charge in [-0.25, -0.2) is 0 Å². The van der Waals surface area contributed by atoms with Gasteiger partial charge in [0.25, 0.3) is 0 Å². The van der Waals surface area contributed by atoms with Gasteiger partial charge in [0.2, 0.25) is 0 Å². The molecule has 0 aromatic rings. The van der Waals surface area contributed by atoms with Crippen LogP contribution in [0.4, 0.5) is 0 Å². The highest BCUT2D eigenvalue weighted by atomic mass is 14.1. The van der Waals surface area contributed by atoms with Crippen molar-refractivity contribution in [1.82, 2.24) is 0 Å². The first-order valence-electron chi connectivity index (χ1n) is 6.14. The van der Waals surface area contributed by atoms with Gasteiger partial charge in [0.1, 0.15) is 0 Å². The molecule has 1 radical (unpaired) electrons. The van der Waals surface area contributed by atoms with Crippen molar-refractivity contribution in [3.8, 4) is 0 Å². The molecule has 1 atom stereocenters. The Morgan fingerprint density at radius 3 is 2.08 bits per heavy atom. The molecule has 0 heteroatoms. The molecular formula is C13H27. The van der Waals surface area contributed by atoms with Gasteiger partial charge in [-0.1, -0.05) is 78.6 Å². The van der Waals surface area contributed by atoms with E-state index in [0.29, 0.717) is 0 Å². The van der Waals surface area contributed by atoms with Gasteiger partial charge in [0.15, 0.2) is 0 Å². The molecule has 0 heterocycles. The van der Waals surface area contributed by atoms with Crippen molar-refractivity contribution in [3.05, 3.63) is 6.92 Å². The fraction of sp³-hybridized carbons (Fsp3) is 0.923. The maximum absolute atomic E-state index is 4.02. The van der Waals surface area contributed by atoms with Gasteiger partial charge < -0.3 is 0 Å². The lowest BCUT2D eigenvalue weighted by molar-refractivity contribution is 0.423. The molecule has 0 aromatic heterocycles. The van der Waals surface area contributed by atoms with Gasteiger partial charge in [0, 0.05) is 0 Å². The Labute approximate surface area is 85.1 Å². The summed E-state index contributed by atoms with van der Waals surface area (Å²) in [5.74, 6) is 0.909. The average Bonchev–Trinajstić information content (AvgIpc) is 2.16. The Hall–Kier alpha value is 0. The Morgan fingerprint density at radius 1 is 0.846 bits per heavy atom. The second-order valence-electron chi connectivity index (χ2n) is 4.15. The number of hydrogen-bond donors (Lipinski definition) is 0. The van der Waals surface area contributed by atoms with Crippen LogP contribution in [-0.4, -0.2) is 0 Å². The van der Waals surface area contributed by atoms with Crippen molar-refractivity contribution in [2.24, 2.45) is 5.92 Å². The molecule has 1 unspecified atom stereocenters. The molecule has 0 bridgehead atoms. The molecule has 0 spiro atoms. The van der Waals surface area contributed by atoms with Gasteiger partial charge in [0.05, 0.1) is 0 Å². The summed E-state index contributed by atoms with van der Waals surface area (Å²) in [5, 5.41) is 0. The Bertz CT molecular complexity index is 86.0. The minimum absolute atomic E-state index is 0.909. The van der Waals surface area contributed by atoms with E-state index in [1.807, 2.05) is 0 Å². The Balaban J connectivity index is 3.17. The zero-order valence-electron chi connectivity index (χ0n) is 9.65. The van der Waals surface area contributed by atoms with Gasteiger partial charge >= 0.3 is 0 Å². The monoisotopic (exact) mass is 183 g/mol. The van der Waals surface area contributed by atoms with E-state index in [4.69, 9.17) is 0 Å². The van der Waals surface area contributed by atoms with E-state index in [2.05, 4.69) is 20.8 Å². The van der Waals surface area contributed by atoms with E-state index in [-0.39, 0.29) is 0 Å². The highest BCUT2D eigenvalue weighted by Gasteiger charge is 2.03. The van der Waals surface area contributed by atoms with Crippen LogP contribution in [0.3, 0.4) is 0 Å². The smallest absolute Gasteiger partial charge is 0.0414 e. The average molecular weight is 183 g/mol. The molecule has 0 aliphatic carbocycles. The number of hydrogen-bond acceptors (Lipinski definition) is 0. The zero-order valence-corrected chi connectivity index (χ0v) is 9.65. The summed E-state index contributed by atoms with van der Waals surface area (Å²) in [7, 11) is 0. The van der Waals surface area contributed by atoms with Gasteiger partial charge in [-0.2, -0.15) is 0 Å². The van der Waals surface area contributed by atoms with Crippen LogP contribution >= 0.6 is 0 Å². The molecule has 0 rings (SSSR count). The first-order valence-corrected chi connectivity index (χ1v) is 6.14. The SMILES string of the molecule is [CH2]CC(CCC)CCCCCCC. The third-order valence-corrected chi connectivity index (χ3v) is 2.82. The lowest BCUT2D eigenvalue weighted by Gasteiger charge is -2.12. The molecule has 0 fully saturated rings. The van der Waals surface area contributed by atoms with Crippen molar-refractivity contribution in [1.29, 1.82) is 0 Å². The fourth-order valence-electron chi connectivity index (χ4n) is 1.88. The normalized spacial score (nSPS) is 13.2. The summed E-state index contributed by atoms with van der Waals surface area (Å²) in [4.78, 5) is 0. The van der Waals surface area contributed by atoms with Crippen LogP contribution in [0.15, 0.2) is 0 Å². The summed E-state index contributed by atoms with van der Waals surface area (Å²) in [6.07, 6.45) is 12.4. The third kappa shape index (κ3) is 8.33. The fourth-order valence-corrected chi connectivity index (χ4v) is 1.88. The van der Waals surface area contributed by atoms with Crippen molar-refractivity contribution < 1.29 is 0 Å². The lowest BCUT2D eigenvalue weighted by atomic mass is 9.94. The van der Waals surface area contributed by atoms with Crippen LogP contribution in [0.25, 0.3) is 0 Å². The van der Waals surface area contributed by atoms with Crippen molar-refractivity contribution in [2.75, 3.05) is 0 Å². The molecular weight excluding hydrogens is 156 g/mol. The van der Waals surface area contributed by atoms with Crippen LogP contribution in [0.5, 0.6) is 0 Å². The highest BCUT2D eigenvalue weighted by Crippen LogP contribution is 2.18. The second-order valence-corrected chi connectivity index (χ2v) is 4.15. The highest BCUT2D eigenvalue weighted by molar-refractivity contribution is 4.60. The van der Waals surface area contributed by atoms with E-state index in [1.54, 1.807) is 0 Å². The van der Waals surface area contributed by atoms with E-state index < -0.39 is 0 Å². The Morgan fingerprint density at radius 2 is 1.54 bits per heavy atom. The summed E-state index contributed by atoms with van der Waals surface area (Å²) in [5.41, 5.74) is 0. The van der Waals surface area contributed by atoms with Crippen LogP contribution in [0.2, 0.25) is 0 Å². The molecule has 13 heavy (non-hydrogen) atoms. The van der Waals surface area contributed by atoms with Gasteiger partial charge in [-0.15, -0.1) is 0 Å².